The average Bonchev–Trinajstić information content (AvgIpc) is 2.47. The van der Waals surface area contributed by atoms with E-state index in [4.69, 9.17) is 4.74 Å². The van der Waals surface area contributed by atoms with Crippen LogP contribution in [-0.4, -0.2) is 71.4 Å². The van der Waals surface area contributed by atoms with Gasteiger partial charge >= 0.3 is 6.03 Å². The lowest BCUT2D eigenvalue weighted by atomic mass is 10.2. The lowest BCUT2D eigenvalue weighted by molar-refractivity contribution is 0.0692. The molecule has 122 valence electrons. The molecule has 1 aromatic rings. The molecule has 0 radical (unpaired) electrons. The number of nitrogens with zero attached hydrogens (tertiary/aromatic N) is 3. The summed E-state index contributed by atoms with van der Waals surface area (Å²) >= 11 is 0. The fourth-order valence-electron chi connectivity index (χ4n) is 2.64. The normalized spacial score (nSPS) is 20.5. The number of urea groups is 1. The van der Waals surface area contributed by atoms with Gasteiger partial charge in [-0.3, -0.25) is 4.90 Å². The summed E-state index contributed by atoms with van der Waals surface area (Å²) in [4.78, 5) is 20.4. The van der Waals surface area contributed by atoms with Crippen LogP contribution in [0.15, 0.2) is 18.3 Å². The van der Waals surface area contributed by atoms with Gasteiger partial charge in [-0.25, -0.2) is 9.78 Å². The Bertz CT molecular complexity index is 492. The zero-order chi connectivity index (χ0) is 16.1. The van der Waals surface area contributed by atoms with E-state index in [0.29, 0.717) is 24.7 Å². The Morgan fingerprint density at radius 1 is 1.55 bits per heavy atom. The van der Waals surface area contributed by atoms with Gasteiger partial charge in [-0.15, -0.1) is 0 Å². The number of pyridine rings is 1. The number of amides is 2. The zero-order valence-corrected chi connectivity index (χ0v) is 13.3. The van der Waals surface area contributed by atoms with Crippen molar-refractivity contribution in [2.75, 3.05) is 38.6 Å². The number of aliphatic hydroxyl groups excluding tert-OH is 1. The highest BCUT2D eigenvalue weighted by molar-refractivity contribution is 5.89. The van der Waals surface area contributed by atoms with Crippen LogP contribution in [-0.2, 0) is 0 Å². The molecule has 0 unspecified atom stereocenters. The first-order valence-corrected chi connectivity index (χ1v) is 7.47. The summed E-state index contributed by atoms with van der Waals surface area (Å²) in [6, 6.07) is 3.44. The van der Waals surface area contributed by atoms with Gasteiger partial charge in [0.15, 0.2) is 0 Å². The highest BCUT2D eigenvalue weighted by Crippen LogP contribution is 2.15. The molecule has 22 heavy (non-hydrogen) atoms. The first-order chi connectivity index (χ1) is 10.5. The minimum Gasteiger partial charge on any atom is -0.481 e. The van der Waals surface area contributed by atoms with Crippen molar-refractivity contribution in [2.45, 2.75) is 26.0 Å². The highest BCUT2D eigenvalue weighted by Gasteiger charge is 2.27. The molecule has 2 N–H and O–H groups in total. The van der Waals surface area contributed by atoms with Crippen molar-refractivity contribution in [3.63, 3.8) is 0 Å². The Balaban J connectivity index is 1.89. The second kappa shape index (κ2) is 7.42. The fraction of sp³-hybridized carbons (Fsp3) is 0.600. The van der Waals surface area contributed by atoms with Crippen molar-refractivity contribution in [3.05, 3.63) is 18.3 Å². The molecular formula is C15H24N4O3. The van der Waals surface area contributed by atoms with Crippen molar-refractivity contribution < 1.29 is 14.6 Å². The van der Waals surface area contributed by atoms with Crippen LogP contribution >= 0.6 is 0 Å². The van der Waals surface area contributed by atoms with E-state index in [-0.39, 0.29) is 18.2 Å². The minimum absolute atomic E-state index is 0.0960. The van der Waals surface area contributed by atoms with Gasteiger partial charge in [0.05, 0.1) is 25.1 Å². The van der Waals surface area contributed by atoms with Crippen LogP contribution in [0, 0.1) is 0 Å². The molecule has 0 bridgehead atoms. The molecule has 0 saturated carbocycles. The van der Waals surface area contributed by atoms with E-state index in [1.807, 2.05) is 11.8 Å². The number of rotatable bonds is 4. The van der Waals surface area contributed by atoms with E-state index in [0.717, 1.165) is 13.1 Å². The molecule has 2 heterocycles. The van der Waals surface area contributed by atoms with E-state index in [1.54, 1.807) is 32.4 Å². The largest absolute Gasteiger partial charge is 0.481 e. The average molecular weight is 308 g/mol. The Labute approximate surface area is 130 Å². The van der Waals surface area contributed by atoms with Gasteiger partial charge in [0, 0.05) is 38.3 Å². The predicted molar refractivity (Wildman–Crippen MR) is 84.1 cm³/mol. The number of hydrogen-bond acceptors (Lipinski definition) is 5. The number of piperazine rings is 1. The maximum Gasteiger partial charge on any atom is 0.322 e. The number of aliphatic hydroxyl groups is 1. The third-order valence-electron chi connectivity index (χ3n) is 3.69. The van der Waals surface area contributed by atoms with Crippen LogP contribution in [0.25, 0.3) is 0 Å². The van der Waals surface area contributed by atoms with Crippen molar-refractivity contribution in [1.82, 2.24) is 14.8 Å². The summed E-state index contributed by atoms with van der Waals surface area (Å²) < 4.78 is 4.99. The molecule has 2 amide bonds. The summed E-state index contributed by atoms with van der Waals surface area (Å²) in [5.41, 5.74) is 0.643. The van der Waals surface area contributed by atoms with Crippen LogP contribution < -0.4 is 10.1 Å². The lowest BCUT2D eigenvalue weighted by Crippen LogP contribution is -2.56. The highest BCUT2D eigenvalue weighted by atomic mass is 16.5. The lowest BCUT2D eigenvalue weighted by Gasteiger charge is -2.40. The number of nitrogens with one attached hydrogen (secondary N) is 1. The van der Waals surface area contributed by atoms with Gasteiger partial charge in [-0.05, 0) is 19.9 Å². The molecule has 7 heteroatoms. The topological polar surface area (TPSA) is 77.9 Å². The third-order valence-corrected chi connectivity index (χ3v) is 3.69. The maximum atomic E-state index is 12.3. The van der Waals surface area contributed by atoms with E-state index < -0.39 is 0 Å². The number of aromatic nitrogens is 1. The van der Waals surface area contributed by atoms with E-state index in [9.17, 15) is 9.90 Å². The summed E-state index contributed by atoms with van der Waals surface area (Å²) in [5.74, 6) is 0.512. The van der Waals surface area contributed by atoms with Crippen LogP contribution in [0.1, 0.15) is 13.8 Å². The number of anilines is 1. The zero-order valence-electron chi connectivity index (χ0n) is 13.3. The molecule has 1 saturated heterocycles. The Kier molecular flexibility index (Phi) is 5.57. The Morgan fingerprint density at radius 2 is 2.32 bits per heavy atom. The van der Waals surface area contributed by atoms with E-state index in [1.165, 1.54) is 0 Å². The van der Waals surface area contributed by atoms with Gasteiger partial charge in [0.2, 0.25) is 5.88 Å². The Hall–Kier alpha value is -1.86. The molecule has 1 fully saturated rings. The Morgan fingerprint density at radius 3 is 2.86 bits per heavy atom. The van der Waals surface area contributed by atoms with Gasteiger partial charge < -0.3 is 20.1 Å². The van der Waals surface area contributed by atoms with Gasteiger partial charge in [0.1, 0.15) is 0 Å². The molecule has 7 nitrogen and oxygen atoms in total. The summed E-state index contributed by atoms with van der Waals surface area (Å²) in [6.07, 6.45) is 1.23. The van der Waals surface area contributed by atoms with Crippen molar-refractivity contribution in [1.29, 1.82) is 0 Å². The third kappa shape index (κ3) is 4.32. The first-order valence-electron chi connectivity index (χ1n) is 7.47. The monoisotopic (exact) mass is 308 g/mol. The van der Waals surface area contributed by atoms with Crippen molar-refractivity contribution >= 4 is 11.7 Å². The predicted octanol–water partition coefficient (Wildman–Crippen LogP) is 1.01. The van der Waals surface area contributed by atoms with Crippen molar-refractivity contribution in [2.24, 2.45) is 0 Å². The second-order valence-electron chi connectivity index (χ2n) is 5.67. The van der Waals surface area contributed by atoms with Crippen LogP contribution in [0.2, 0.25) is 0 Å². The molecular weight excluding hydrogens is 284 g/mol. The SMILES string of the molecule is COc1ccc(NC(=O)N2CCN(C[C@@H](C)O)C[C@@H]2C)cn1. The number of carbonyl (C=O) groups is 1. The quantitative estimate of drug-likeness (QED) is 0.868. The number of methoxy groups -OCH3 is 1. The second-order valence-corrected chi connectivity index (χ2v) is 5.67. The van der Waals surface area contributed by atoms with E-state index >= 15 is 0 Å². The number of ether oxygens (including phenoxy) is 1. The first kappa shape index (κ1) is 16.5. The smallest absolute Gasteiger partial charge is 0.322 e. The summed E-state index contributed by atoms with van der Waals surface area (Å²) in [6.45, 7) is 6.61. The molecule has 0 aromatic carbocycles. The number of β-amino-alcohol motifs (C(OH)–C–C–N with tert-alkyl or cyclic N) is 1. The van der Waals surface area contributed by atoms with Crippen molar-refractivity contribution in [3.8, 4) is 5.88 Å². The molecule has 1 aliphatic heterocycles. The van der Waals surface area contributed by atoms with Crippen LogP contribution in [0.4, 0.5) is 10.5 Å². The number of carbonyl (C=O) groups excluding carboxylic acids is 1. The minimum atomic E-state index is -0.349. The molecule has 0 aliphatic carbocycles. The summed E-state index contributed by atoms with van der Waals surface area (Å²) in [7, 11) is 1.55. The molecule has 2 rings (SSSR count). The van der Waals surface area contributed by atoms with Crippen LogP contribution in [0.5, 0.6) is 5.88 Å². The molecule has 0 spiro atoms. The molecule has 2 atom stereocenters. The molecule has 1 aromatic heterocycles. The maximum absolute atomic E-state index is 12.3. The van der Waals surface area contributed by atoms with Gasteiger partial charge in [-0.1, -0.05) is 0 Å². The summed E-state index contributed by atoms with van der Waals surface area (Å²) in [5, 5.41) is 12.3. The number of hydrogen-bond donors (Lipinski definition) is 2. The van der Waals surface area contributed by atoms with E-state index in [2.05, 4.69) is 15.2 Å². The van der Waals surface area contributed by atoms with Gasteiger partial charge in [-0.2, -0.15) is 0 Å². The van der Waals surface area contributed by atoms with Gasteiger partial charge in [0.25, 0.3) is 0 Å². The fourth-order valence-corrected chi connectivity index (χ4v) is 2.64. The van der Waals surface area contributed by atoms with Crippen LogP contribution in [0.3, 0.4) is 0 Å². The molecule has 1 aliphatic rings. The standard InChI is InChI=1S/C15H24N4O3/c1-11-9-18(10-12(2)20)6-7-19(11)15(21)17-13-4-5-14(22-3)16-8-13/h4-5,8,11-12,20H,6-7,9-10H2,1-3H3,(H,17,21)/t11-,12+/m0/s1.